The van der Waals surface area contributed by atoms with Crippen molar-refractivity contribution in [1.82, 2.24) is 10.2 Å². The van der Waals surface area contributed by atoms with Crippen LogP contribution in [-0.2, 0) is 16.0 Å². The number of carbonyl (C=O) groups excluding carboxylic acids is 2. The van der Waals surface area contributed by atoms with E-state index in [2.05, 4.69) is 5.32 Å². The van der Waals surface area contributed by atoms with Crippen LogP contribution in [0, 0.1) is 0 Å². The number of para-hydroxylation sites is 1. The Labute approximate surface area is 126 Å². The van der Waals surface area contributed by atoms with E-state index in [1.807, 2.05) is 38.1 Å². The highest BCUT2D eigenvalue weighted by Crippen LogP contribution is 2.17. The van der Waals surface area contributed by atoms with Crippen LogP contribution in [0.25, 0.3) is 0 Å². The Morgan fingerprint density at radius 3 is 2.52 bits per heavy atom. The predicted molar refractivity (Wildman–Crippen MR) is 82.2 cm³/mol. The maximum absolute atomic E-state index is 11.9. The van der Waals surface area contributed by atoms with Gasteiger partial charge in [-0.1, -0.05) is 18.2 Å². The minimum atomic E-state index is -0.145. The Morgan fingerprint density at radius 1 is 1.29 bits per heavy atom. The van der Waals surface area contributed by atoms with Gasteiger partial charge in [0.15, 0.2) is 0 Å². The molecule has 1 aromatic carbocycles. The van der Waals surface area contributed by atoms with E-state index in [4.69, 9.17) is 4.74 Å². The molecule has 1 aromatic rings. The van der Waals surface area contributed by atoms with Gasteiger partial charge in [0.05, 0.1) is 13.7 Å². The van der Waals surface area contributed by atoms with Gasteiger partial charge in [-0.3, -0.25) is 9.59 Å². The summed E-state index contributed by atoms with van der Waals surface area (Å²) in [5, 5.41) is 2.83. The fraction of sp³-hybridized carbons (Fsp3) is 0.500. The number of benzene rings is 1. The van der Waals surface area contributed by atoms with Crippen molar-refractivity contribution >= 4 is 11.8 Å². The van der Waals surface area contributed by atoms with E-state index in [0.717, 1.165) is 11.3 Å². The van der Waals surface area contributed by atoms with Crippen LogP contribution in [0.5, 0.6) is 5.75 Å². The molecule has 0 aliphatic heterocycles. The van der Waals surface area contributed by atoms with Crippen molar-refractivity contribution in [2.24, 2.45) is 0 Å². The minimum absolute atomic E-state index is 0.0162. The molecular weight excluding hydrogens is 268 g/mol. The number of carbonyl (C=O) groups is 2. The molecule has 0 aliphatic carbocycles. The largest absolute Gasteiger partial charge is 0.496 e. The summed E-state index contributed by atoms with van der Waals surface area (Å²) in [4.78, 5) is 24.8. The third kappa shape index (κ3) is 5.45. The zero-order chi connectivity index (χ0) is 15.8. The predicted octanol–water partition coefficient (Wildman–Crippen LogP) is 1.61. The highest BCUT2D eigenvalue weighted by atomic mass is 16.5. The lowest BCUT2D eigenvalue weighted by Gasteiger charge is -2.24. The molecule has 0 atom stereocenters. The van der Waals surface area contributed by atoms with Gasteiger partial charge >= 0.3 is 0 Å². The van der Waals surface area contributed by atoms with Crippen LogP contribution in [0.3, 0.4) is 0 Å². The zero-order valence-electron chi connectivity index (χ0n) is 13.2. The minimum Gasteiger partial charge on any atom is -0.496 e. The molecule has 0 bridgehead atoms. The summed E-state index contributed by atoms with van der Waals surface area (Å²) in [6, 6.07) is 7.74. The first-order valence-corrected chi connectivity index (χ1v) is 7.11. The van der Waals surface area contributed by atoms with Crippen LogP contribution in [-0.4, -0.2) is 43.0 Å². The van der Waals surface area contributed by atoms with Crippen LogP contribution < -0.4 is 10.1 Å². The van der Waals surface area contributed by atoms with Gasteiger partial charge in [0.2, 0.25) is 11.8 Å². The Balaban J connectivity index is 2.45. The molecule has 0 unspecified atom stereocenters. The van der Waals surface area contributed by atoms with Crippen molar-refractivity contribution in [3.63, 3.8) is 0 Å². The molecule has 0 aliphatic rings. The van der Waals surface area contributed by atoms with E-state index in [9.17, 15) is 9.59 Å². The van der Waals surface area contributed by atoms with Crippen molar-refractivity contribution in [2.45, 2.75) is 33.2 Å². The lowest BCUT2D eigenvalue weighted by atomic mass is 10.1. The first-order valence-electron chi connectivity index (χ1n) is 7.11. The van der Waals surface area contributed by atoms with Gasteiger partial charge in [0.25, 0.3) is 0 Å². The van der Waals surface area contributed by atoms with Gasteiger partial charge in [-0.2, -0.15) is 0 Å². The fourth-order valence-electron chi connectivity index (χ4n) is 2.11. The quantitative estimate of drug-likeness (QED) is 0.830. The van der Waals surface area contributed by atoms with Gasteiger partial charge in [-0.05, 0) is 31.9 Å². The van der Waals surface area contributed by atoms with Crippen molar-refractivity contribution in [2.75, 3.05) is 20.2 Å². The number of hydrogen-bond donors (Lipinski definition) is 1. The van der Waals surface area contributed by atoms with Crippen LogP contribution in [0.15, 0.2) is 24.3 Å². The fourth-order valence-corrected chi connectivity index (χ4v) is 2.11. The smallest absolute Gasteiger partial charge is 0.239 e. The van der Waals surface area contributed by atoms with Crippen LogP contribution in [0.2, 0.25) is 0 Å². The SMILES string of the molecule is COc1ccccc1CCNC(=O)CN(C(C)=O)C(C)C. The Kier molecular flexibility index (Phi) is 6.72. The second-order valence-electron chi connectivity index (χ2n) is 5.15. The summed E-state index contributed by atoms with van der Waals surface area (Å²) in [7, 11) is 1.63. The van der Waals surface area contributed by atoms with E-state index in [1.54, 1.807) is 12.0 Å². The van der Waals surface area contributed by atoms with Gasteiger partial charge < -0.3 is 15.0 Å². The molecule has 21 heavy (non-hydrogen) atoms. The molecule has 5 heteroatoms. The average Bonchev–Trinajstić information content (AvgIpc) is 2.44. The number of nitrogens with one attached hydrogen (secondary N) is 1. The molecule has 0 saturated heterocycles. The summed E-state index contributed by atoms with van der Waals surface area (Å²) < 4.78 is 5.26. The number of methoxy groups -OCH3 is 1. The van der Waals surface area contributed by atoms with Crippen molar-refractivity contribution in [1.29, 1.82) is 0 Å². The molecule has 116 valence electrons. The van der Waals surface area contributed by atoms with E-state index in [1.165, 1.54) is 6.92 Å². The Morgan fingerprint density at radius 2 is 1.95 bits per heavy atom. The summed E-state index contributed by atoms with van der Waals surface area (Å²) in [5.74, 6) is 0.581. The van der Waals surface area contributed by atoms with Gasteiger partial charge in [0, 0.05) is 19.5 Å². The molecule has 0 aromatic heterocycles. The molecule has 0 saturated carbocycles. The van der Waals surface area contributed by atoms with E-state index in [0.29, 0.717) is 13.0 Å². The molecule has 0 radical (unpaired) electrons. The molecular formula is C16H24N2O3. The maximum Gasteiger partial charge on any atom is 0.239 e. The summed E-state index contributed by atoms with van der Waals surface area (Å²) in [6.07, 6.45) is 0.692. The first kappa shape index (κ1) is 17.0. The third-order valence-corrected chi connectivity index (χ3v) is 3.25. The average molecular weight is 292 g/mol. The zero-order valence-corrected chi connectivity index (χ0v) is 13.2. The second kappa shape index (κ2) is 8.29. The molecule has 1 rings (SSSR count). The van der Waals surface area contributed by atoms with Crippen LogP contribution >= 0.6 is 0 Å². The van der Waals surface area contributed by atoms with Gasteiger partial charge in [0.1, 0.15) is 5.75 Å². The van der Waals surface area contributed by atoms with E-state index in [-0.39, 0.29) is 24.4 Å². The van der Waals surface area contributed by atoms with Crippen LogP contribution in [0.4, 0.5) is 0 Å². The first-order chi connectivity index (χ1) is 9.95. The normalized spacial score (nSPS) is 10.3. The monoisotopic (exact) mass is 292 g/mol. The summed E-state index contributed by atoms with van der Waals surface area (Å²) >= 11 is 0. The van der Waals surface area contributed by atoms with Gasteiger partial charge in [-0.15, -0.1) is 0 Å². The number of nitrogens with zero attached hydrogens (tertiary/aromatic N) is 1. The molecule has 5 nitrogen and oxygen atoms in total. The maximum atomic E-state index is 11.9. The highest BCUT2D eigenvalue weighted by molar-refractivity contribution is 5.83. The Bertz CT molecular complexity index is 486. The van der Waals surface area contributed by atoms with E-state index < -0.39 is 0 Å². The van der Waals surface area contributed by atoms with Crippen LogP contribution in [0.1, 0.15) is 26.3 Å². The van der Waals surface area contributed by atoms with E-state index >= 15 is 0 Å². The number of ether oxygens (including phenoxy) is 1. The molecule has 0 fully saturated rings. The topological polar surface area (TPSA) is 58.6 Å². The Hall–Kier alpha value is -2.04. The highest BCUT2D eigenvalue weighted by Gasteiger charge is 2.16. The number of hydrogen-bond acceptors (Lipinski definition) is 3. The molecule has 0 heterocycles. The van der Waals surface area contributed by atoms with Gasteiger partial charge in [-0.25, -0.2) is 0 Å². The second-order valence-corrected chi connectivity index (χ2v) is 5.15. The summed E-state index contributed by atoms with van der Waals surface area (Å²) in [5.41, 5.74) is 1.05. The molecule has 0 spiro atoms. The van der Waals surface area contributed by atoms with Crippen molar-refractivity contribution in [3.05, 3.63) is 29.8 Å². The molecule has 2 amide bonds. The van der Waals surface area contributed by atoms with Crippen molar-refractivity contribution in [3.8, 4) is 5.75 Å². The standard InChI is InChI=1S/C16H24N2O3/c1-12(2)18(13(3)19)11-16(20)17-10-9-14-7-5-6-8-15(14)21-4/h5-8,12H,9-11H2,1-4H3,(H,17,20). The lowest BCUT2D eigenvalue weighted by molar-refractivity contribution is -0.135. The van der Waals surface area contributed by atoms with Crippen molar-refractivity contribution < 1.29 is 14.3 Å². The number of amides is 2. The number of rotatable bonds is 7. The summed E-state index contributed by atoms with van der Waals surface area (Å²) in [6.45, 7) is 5.87. The molecule has 1 N–H and O–H groups in total. The third-order valence-electron chi connectivity index (χ3n) is 3.25. The lowest BCUT2D eigenvalue weighted by Crippen LogP contribution is -2.43.